The van der Waals surface area contributed by atoms with E-state index in [1.165, 1.54) is 11.3 Å². The molecule has 1 aromatic heterocycles. The molecule has 4 heteroatoms. The van der Waals surface area contributed by atoms with Gasteiger partial charge in [0.05, 0.1) is 11.6 Å². The van der Waals surface area contributed by atoms with Crippen LogP contribution in [0.4, 0.5) is 0 Å². The number of aryl methyl sites for hydroxylation is 1. The van der Waals surface area contributed by atoms with E-state index >= 15 is 0 Å². The largest absolute Gasteiger partial charge is 0.462 e. The number of benzene rings is 1. The summed E-state index contributed by atoms with van der Waals surface area (Å²) in [5.74, 6) is -0.341. The van der Waals surface area contributed by atoms with E-state index in [0.29, 0.717) is 16.5 Å². The van der Waals surface area contributed by atoms with Crippen molar-refractivity contribution in [1.29, 1.82) is 0 Å². The molecule has 0 aliphatic heterocycles. The molecule has 2 nitrogen and oxygen atoms in total. The molecule has 0 saturated heterocycles. The highest BCUT2D eigenvalue weighted by Crippen LogP contribution is 2.36. The van der Waals surface area contributed by atoms with Crippen LogP contribution in [0.2, 0.25) is 5.02 Å². The molecule has 0 atom stereocenters. The second-order valence-electron chi connectivity index (χ2n) is 3.47. The molecule has 1 aromatic carbocycles. The van der Waals surface area contributed by atoms with Gasteiger partial charge < -0.3 is 4.74 Å². The van der Waals surface area contributed by atoms with Crippen LogP contribution in [0.1, 0.15) is 22.2 Å². The van der Waals surface area contributed by atoms with Crippen LogP contribution in [0.25, 0.3) is 10.1 Å². The van der Waals surface area contributed by atoms with E-state index in [1.807, 2.05) is 25.1 Å². The van der Waals surface area contributed by atoms with Crippen LogP contribution in [0.5, 0.6) is 0 Å². The third kappa shape index (κ3) is 1.93. The maximum atomic E-state index is 11.6. The van der Waals surface area contributed by atoms with E-state index in [0.717, 1.165) is 15.6 Å². The molecule has 0 aliphatic rings. The maximum Gasteiger partial charge on any atom is 0.349 e. The van der Waals surface area contributed by atoms with Crippen molar-refractivity contribution in [3.05, 3.63) is 33.7 Å². The number of carbonyl (C=O) groups is 1. The number of ether oxygens (including phenoxy) is 1. The van der Waals surface area contributed by atoms with Crippen molar-refractivity contribution in [2.75, 3.05) is 6.61 Å². The van der Waals surface area contributed by atoms with Gasteiger partial charge >= 0.3 is 5.97 Å². The lowest BCUT2D eigenvalue weighted by atomic mass is 10.2. The monoisotopic (exact) mass is 254 g/mol. The highest BCUT2D eigenvalue weighted by molar-refractivity contribution is 7.21. The molecule has 0 radical (unpaired) electrons. The van der Waals surface area contributed by atoms with Gasteiger partial charge in [-0.2, -0.15) is 0 Å². The van der Waals surface area contributed by atoms with Crippen LogP contribution < -0.4 is 0 Å². The summed E-state index contributed by atoms with van der Waals surface area (Å²) in [6.45, 7) is 4.16. The lowest BCUT2D eigenvalue weighted by molar-refractivity contribution is 0.0532. The molecule has 0 spiro atoms. The predicted molar refractivity (Wildman–Crippen MR) is 67.5 cm³/mol. The molecule has 2 rings (SSSR count). The van der Waals surface area contributed by atoms with Crippen molar-refractivity contribution < 1.29 is 9.53 Å². The summed E-state index contributed by atoms with van der Waals surface area (Å²) in [7, 11) is 0. The third-order valence-corrected chi connectivity index (χ3v) is 3.88. The second kappa shape index (κ2) is 4.44. The first-order valence-electron chi connectivity index (χ1n) is 4.99. The number of fused-ring (bicyclic) bond motifs is 1. The van der Waals surface area contributed by atoms with Gasteiger partial charge in [-0.3, -0.25) is 0 Å². The fraction of sp³-hybridized carbons (Fsp3) is 0.250. The predicted octanol–water partition coefficient (Wildman–Crippen LogP) is 4.04. The van der Waals surface area contributed by atoms with E-state index in [2.05, 4.69) is 0 Å². The maximum absolute atomic E-state index is 11.6. The van der Waals surface area contributed by atoms with E-state index in [1.54, 1.807) is 6.92 Å². The average Bonchev–Trinajstić information content (AvgIpc) is 2.56. The lowest BCUT2D eigenvalue weighted by Gasteiger charge is -1.97. The Morgan fingerprint density at radius 2 is 2.25 bits per heavy atom. The minimum atomic E-state index is -0.341. The van der Waals surface area contributed by atoms with Gasteiger partial charge in [0.25, 0.3) is 0 Å². The van der Waals surface area contributed by atoms with Gasteiger partial charge in [-0.25, -0.2) is 4.79 Å². The molecule has 0 bridgehead atoms. The van der Waals surface area contributed by atoms with E-state index in [4.69, 9.17) is 16.3 Å². The van der Waals surface area contributed by atoms with Crippen molar-refractivity contribution in [2.24, 2.45) is 0 Å². The highest BCUT2D eigenvalue weighted by atomic mass is 35.5. The molecule has 1 heterocycles. The molecule has 84 valence electrons. The van der Waals surface area contributed by atoms with E-state index in [9.17, 15) is 4.79 Å². The Morgan fingerprint density at radius 3 is 2.94 bits per heavy atom. The van der Waals surface area contributed by atoms with Gasteiger partial charge in [0, 0.05) is 10.1 Å². The van der Waals surface area contributed by atoms with Crippen molar-refractivity contribution >= 4 is 39.0 Å². The summed E-state index contributed by atoms with van der Waals surface area (Å²) in [4.78, 5) is 12.1. The molecule has 0 aliphatic carbocycles. The van der Waals surface area contributed by atoms with Crippen LogP contribution in [0.15, 0.2) is 18.2 Å². The molecular weight excluding hydrogens is 244 g/mol. The summed E-state index contributed by atoms with van der Waals surface area (Å²) < 4.78 is 5.98. The number of rotatable bonds is 2. The minimum absolute atomic E-state index is 0.341. The first kappa shape index (κ1) is 11.4. The fourth-order valence-electron chi connectivity index (χ4n) is 1.50. The molecule has 0 amide bonds. The number of hydrogen-bond donors (Lipinski definition) is 0. The molecular formula is C12H11ClO2S. The van der Waals surface area contributed by atoms with E-state index in [-0.39, 0.29) is 5.97 Å². The number of esters is 1. The van der Waals surface area contributed by atoms with Crippen LogP contribution >= 0.6 is 22.9 Å². The van der Waals surface area contributed by atoms with Gasteiger partial charge in [0.2, 0.25) is 0 Å². The summed E-state index contributed by atoms with van der Waals surface area (Å²) >= 11 is 7.53. The van der Waals surface area contributed by atoms with Crippen molar-refractivity contribution in [3.63, 3.8) is 0 Å². The molecule has 0 fully saturated rings. The summed E-state index contributed by atoms with van der Waals surface area (Å²) in [5, 5.41) is 1.42. The number of thiophene rings is 1. The first-order chi connectivity index (χ1) is 7.63. The Balaban J connectivity index is 2.55. The second-order valence-corrected chi connectivity index (χ2v) is 4.90. The Bertz CT molecular complexity index is 545. The molecule has 0 N–H and O–H groups in total. The van der Waals surface area contributed by atoms with Crippen LogP contribution in [0.3, 0.4) is 0 Å². The molecule has 0 saturated carbocycles. The number of carbonyl (C=O) groups excluding carboxylic acids is 1. The zero-order chi connectivity index (χ0) is 11.7. The standard InChI is InChI=1S/C12H11ClO2S/c1-3-15-12(14)11-10(13)8-5-4-7(2)6-9(8)16-11/h4-6H,3H2,1-2H3. The van der Waals surface area contributed by atoms with Crippen molar-refractivity contribution in [1.82, 2.24) is 0 Å². The quantitative estimate of drug-likeness (QED) is 0.756. The van der Waals surface area contributed by atoms with Crippen molar-refractivity contribution in [3.8, 4) is 0 Å². The molecule has 2 aromatic rings. The van der Waals surface area contributed by atoms with Crippen LogP contribution in [0, 0.1) is 6.92 Å². The van der Waals surface area contributed by atoms with Crippen molar-refractivity contribution in [2.45, 2.75) is 13.8 Å². The van der Waals surface area contributed by atoms with Crippen LogP contribution in [-0.4, -0.2) is 12.6 Å². The van der Waals surface area contributed by atoms with Gasteiger partial charge in [0.1, 0.15) is 4.88 Å². The minimum Gasteiger partial charge on any atom is -0.462 e. The van der Waals surface area contributed by atoms with Gasteiger partial charge in [-0.1, -0.05) is 23.7 Å². The van der Waals surface area contributed by atoms with Gasteiger partial charge in [0.15, 0.2) is 0 Å². The Hall–Kier alpha value is -1.06. The zero-order valence-electron chi connectivity index (χ0n) is 9.04. The Kier molecular flexibility index (Phi) is 3.17. The topological polar surface area (TPSA) is 26.3 Å². The first-order valence-corrected chi connectivity index (χ1v) is 6.18. The highest BCUT2D eigenvalue weighted by Gasteiger charge is 2.17. The SMILES string of the molecule is CCOC(=O)c1sc2cc(C)ccc2c1Cl. The smallest absolute Gasteiger partial charge is 0.349 e. The fourth-order valence-corrected chi connectivity index (χ4v) is 3.00. The van der Waals surface area contributed by atoms with Crippen LogP contribution in [-0.2, 0) is 4.74 Å². The normalized spacial score (nSPS) is 10.7. The summed E-state index contributed by atoms with van der Waals surface area (Å²) in [5.41, 5.74) is 1.15. The average molecular weight is 255 g/mol. The Morgan fingerprint density at radius 1 is 1.50 bits per heavy atom. The number of hydrogen-bond acceptors (Lipinski definition) is 3. The summed E-state index contributed by atoms with van der Waals surface area (Å²) in [6.07, 6.45) is 0. The van der Waals surface area contributed by atoms with E-state index < -0.39 is 0 Å². The lowest BCUT2D eigenvalue weighted by Crippen LogP contribution is -2.02. The van der Waals surface area contributed by atoms with Gasteiger partial charge in [-0.15, -0.1) is 11.3 Å². The number of halogens is 1. The molecule has 0 unspecified atom stereocenters. The third-order valence-electron chi connectivity index (χ3n) is 2.25. The zero-order valence-corrected chi connectivity index (χ0v) is 10.6. The molecule has 16 heavy (non-hydrogen) atoms. The Labute approximate surface area is 103 Å². The summed E-state index contributed by atoms with van der Waals surface area (Å²) in [6, 6.07) is 5.94. The van der Waals surface area contributed by atoms with Gasteiger partial charge in [-0.05, 0) is 25.5 Å².